The van der Waals surface area contributed by atoms with E-state index in [0.717, 1.165) is 24.9 Å². The van der Waals surface area contributed by atoms with Gasteiger partial charge in [0.25, 0.3) is 0 Å². The van der Waals surface area contributed by atoms with Gasteiger partial charge >= 0.3 is 0 Å². The summed E-state index contributed by atoms with van der Waals surface area (Å²) < 4.78 is 0. The van der Waals surface area contributed by atoms with Gasteiger partial charge in [-0.2, -0.15) is 0 Å². The van der Waals surface area contributed by atoms with Crippen molar-refractivity contribution in [1.29, 1.82) is 0 Å². The van der Waals surface area contributed by atoms with Gasteiger partial charge in [0.2, 0.25) is 0 Å². The highest BCUT2D eigenvalue weighted by atomic mass is 14.9. The molecule has 0 heterocycles. The second kappa shape index (κ2) is 5.55. The minimum absolute atomic E-state index is 0.948. The average Bonchev–Trinajstić information content (AvgIpc) is 2.04. The van der Waals surface area contributed by atoms with Gasteiger partial charge in [0, 0.05) is 0 Å². The third-order valence-electron chi connectivity index (χ3n) is 2.89. The first kappa shape index (κ1) is 10.0. The molecule has 0 saturated heterocycles. The molecule has 1 rings (SSSR count). The lowest BCUT2D eigenvalue weighted by molar-refractivity contribution is 0.169. The van der Waals surface area contributed by atoms with E-state index in [0.29, 0.717) is 0 Å². The summed E-state index contributed by atoms with van der Waals surface area (Å²) >= 11 is 0. The van der Waals surface area contributed by atoms with Crippen LogP contribution in [0.15, 0.2) is 0 Å². The minimum Gasteiger partial charge on any atom is -0.317 e. The summed E-state index contributed by atoms with van der Waals surface area (Å²) in [6.07, 6.45) is 2.87. The first-order chi connectivity index (χ1) is 5.88. The molecule has 0 aromatic rings. The van der Waals surface area contributed by atoms with Crippen LogP contribution in [0.1, 0.15) is 26.7 Å². The number of nitrogens with one attached hydrogen (secondary N) is 2. The summed E-state index contributed by atoms with van der Waals surface area (Å²) in [7, 11) is 0. The summed E-state index contributed by atoms with van der Waals surface area (Å²) in [6, 6.07) is 0. The molecule has 0 aromatic heterocycles. The molecule has 2 atom stereocenters. The van der Waals surface area contributed by atoms with Gasteiger partial charge in [0.1, 0.15) is 0 Å². The van der Waals surface area contributed by atoms with Gasteiger partial charge in [-0.15, -0.1) is 0 Å². The van der Waals surface area contributed by atoms with E-state index >= 15 is 0 Å². The Labute approximate surface area is 76.1 Å². The van der Waals surface area contributed by atoms with Crippen molar-refractivity contribution in [1.82, 2.24) is 10.6 Å². The average molecular weight is 170 g/mol. The lowest BCUT2D eigenvalue weighted by Crippen LogP contribution is -2.40. The van der Waals surface area contributed by atoms with E-state index in [4.69, 9.17) is 0 Å². The normalized spacial score (nSPS) is 28.5. The smallest absolute Gasteiger partial charge is 0.00175 e. The quantitative estimate of drug-likeness (QED) is 0.626. The fraction of sp³-hybridized carbons (Fsp3) is 1.00. The maximum absolute atomic E-state index is 3.43. The molecule has 2 heteroatoms. The molecule has 2 unspecified atom stereocenters. The Bertz CT molecular complexity index is 100. The Morgan fingerprint density at radius 2 is 1.33 bits per heavy atom. The SMILES string of the molecule is CCNCC1CCC1CNCC. The van der Waals surface area contributed by atoms with Crippen LogP contribution in [0.4, 0.5) is 0 Å². The van der Waals surface area contributed by atoms with Crippen LogP contribution in [0, 0.1) is 11.8 Å². The van der Waals surface area contributed by atoms with Crippen molar-refractivity contribution in [2.24, 2.45) is 11.8 Å². The summed E-state index contributed by atoms with van der Waals surface area (Å²) in [6.45, 7) is 9.05. The number of rotatable bonds is 6. The van der Waals surface area contributed by atoms with Crippen molar-refractivity contribution in [2.75, 3.05) is 26.2 Å². The zero-order valence-corrected chi connectivity index (χ0v) is 8.40. The van der Waals surface area contributed by atoms with Crippen molar-refractivity contribution >= 4 is 0 Å². The molecular formula is C10H22N2. The van der Waals surface area contributed by atoms with Gasteiger partial charge in [0.05, 0.1) is 0 Å². The van der Waals surface area contributed by atoms with Gasteiger partial charge in [-0.1, -0.05) is 13.8 Å². The fourth-order valence-electron chi connectivity index (χ4n) is 1.83. The summed E-state index contributed by atoms with van der Waals surface area (Å²) in [5.74, 6) is 1.90. The first-order valence-corrected chi connectivity index (χ1v) is 5.29. The van der Waals surface area contributed by atoms with Crippen LogP contribution in [-0.4, -0.2) is 26.2 Å². The lowest BCUT2D eigenvalue weighted by atomic mass is 9.73. The molecule has 2 N–H and O–H groups in total. The maximum Gasteiger partial charge on any atom is -0.00175 e. The Kier molecular flexibility index (Phi) is 4.62. The predicted molar refractivity (Wildman–Crippen MR) is 53.3 cm³/mol. The molecular weight excluding hydrogens is 148 g/mol. The van der Waals surface area contributed by atoms with E-state index < -0.39 is 0 Å². The molecule has 0 radical (unpaired) electrons. The first-order valence-electron chi connectivity index (χ1n) is 5.29. The largest absolute Gasteiger partial charge is 0.317 e. The standard InChI is InChI=1S/C10H22N2/c1-3-11-7-9-5-6-10(9)8-12-4-2/h9-12H,3-8H2,1-2H3. The molecule has 0 aromatic carbocycles. The zero-order chi connectivity index (χ0) is 8.81. The van der Waals surface area contributed by atoms with Crippen LogP contribution in [0.2, 0.25) is 0 Å². The van der Waals surface area contributed by atoms with Crippen LogP contribution >= 0.6 is 0 Å². The van der Waals surface area contributed by atoms with E-state index in [9.17, 15) is 0 Å². The molecule has 1 saturated carbocycles. The third-order valence-corrected chi connectivity index (χ3v) is 2.89. The van der Waals surface area contributed by atoms with E-state index in [-0.39, 0.29) is 0 Å². The second-order valence-electron chi connectivity index (χ2n) is 3.71. The van der Waals surface area contributed by atoms with E-state index in [1.165, 1.54) is 25.9 Å². The minimum atomic E-state index is 0.948. The lowest BCUT2D eigenvalue weighted by Gasteiger charge is -2.37. The van der Waals surface area contributed by atoms with Gasteiger partial charge in [-0.05, 0) is 50.9 Å². The topological polar surface area (TPSA) is 24.1 Å². The number of hydrogen-bond donors (Lipinski definition) is 2. The molecule has 1 aliphatic rings. The Balaban J connectivity index is 2.03. The van der Waals surface area contributed by atoms with Crippen molar-refractivity contribution in [3.05, 3.63) is 0 Å². The summed E-state index contributed by atoms with van der Waals surface area (Å²) in [5, 5.41) is 6.86. The molecule has 0 amide bonds. The molecule has 0 bridgehead atoms. The van der Waals surface area contributed by atoms with E-state index in [1.54, 1.807) is 0 Å². The second-order valence-corrected chi connectivity index (χ2v) is 3.71. The third kappa shape index (κ3) is 2.76. The highest BCUT2D eigenvalue weighted by Gasteiger charge is 2.29. The van der Waals surface area contributed by atoms with Crippen molar-refractivity contribution in [3.8, 4) is 0 Å². The van der Waals surface area contributed by atoms with Gasteiger partial charge in [-0.25, -0.2) is 0 Å². The molecule has 1 aliphatic carbocycles. The zero-order valence-electron chi connectivity index (χ0n) is 8.40. The van der Waals surface area contributed by atoms with Crippen LogP contribution in [0.25, 0.3) is 0 Å². The molecule has 2 nitrogen and oxygen atoms in total. The monoisotopic (exact) mass is 170 g/mol. The molecule has 72 valence electrons. The fourth-order valence-corrected chi connectivity index (χ4v) is 1.83. The highest BCUT2D eigenvalue weighted by Crippen LogP contribution is 2.32. The molecule has 12 heavy (non-hydrogen) atoms. The number of hydrogen-bond acceptors (Lipinski definition) is 2. The molecule has 1 fully saturated rings. The Hall–Kier alpha value is -0.0800. The van der Waals surface area contributed by atoms with E-state index in [1.807, 2.05) is 0 Å². The maximum atomic E-state index is 3.43. The van der Waals surface area contributed by atoms with E-state index in [2.05, 4.69) is 24.5 Å². The van der Waals surface area contributed by atoms with Crippen LogP contribution in [0.5, 0.6) is 0 Å². The highest BCUT2D eigenvalue weighted by molar-refractivity contribution is 4.83. The Morgan fingerprint density at radius 1 is 0.917 bits per heavy atom. The van der Waals surface area contributed by atoms with Crippen molar-refractivity contribution < 1.29 is 0 Å². The summed E-state index contributed by atoms with van der Waals surface area (Å²) in [5.41, 5.74) is 0. The summed E-state index contributed by atoms with van der Waals surface area (Å²) in [4.78, 5) is 0. The van der Waals surface area contributed by atoms with Crippen LogP contribution < -0.4 is 10.6 Å². The van der Waals surface area contributed by atoms with Crippen LogP contribution in [0.3, 0.4) is 0 Å². The van der Waals surface area contributed by atoms with Crippen molar-refractivity contribution in [2.45, 2.75) is 26.7 Å². The predicted octanol–water partition coefficient (Wildman–Crippen LogP) is 1.23. The van der Waals surface area contributed by atoms with Gasteiger partial charge < -0.3 is 10.6 Å². The van der Waals surface area contributed by atoms with Crippen molar-refractivity contribution in [3.63, 3.8) is 0 Å². The van der Waals surface area contributed by atoms with Gasteiger partial charge in [-0.3, -0.25) is 0 Å². The Morgan fingerprint density at radius 3 is 1.58 bits per heavy atom. The van der Waals surface area contributed by atoms with Gasteiger partial charge in [0.15, 0.2) is 0 Å². The molecule has 0 aliphatic heterocycles. The molecule has 0 spiro atoms. The van der Waals surface area contributed by atoms with Crippen LogP contribution in [-0.2, 0) is 0 Å².